The fourth-order valence-electron chi connectivity index (χ4n) is 1.51. The number of rotatable bonds is 2. The lowest BCUT2D eigenvalue weighted by molar-refractivity contribution is -0.437. The summed E-state index contributed by atoms with van der Waals surface area (Å²) < 4.78 is 0. The monoisotopic (exact) mass is 235 g/mol. The van der Waals surface area contributed by atoms with Crippen molar-refractivity contribution in [2.75, 3.05) is 0 Å². The molecule has 2 rings (SSSR count). The number of nitro groups is 1. The summed E-state index contributed by atoms with van der Waals surface area (Å²) in [5, 5.41) is 25.2. The lowest BCUT2D eigenvalue weighted by atomic mass is 10.1. The van der Waals surface area contributed by atoms with Crippen molar-refractivity contribution >= 4 is 5.91 Å². The van der Waals surface area contributed by atoms with Crippen LogP contribution >= 0.6 is 0 Å². The van der Waals surface area contributed by atoms with Gasteiger partial charge in [-0.15, -0.1) is 0 Å². The van der Waals surface area contributed by atoms with E-state index in [1.807, 2.05) is 0 Å². The number of carbonyl (C=O) groups excluding carboxylic acids is 1. The molecule has 0 saturated heterocycles. The maximum Gasteiger partial charge on any atom is 0.325 e. The van der Waals surface area contributed by atoms with Gasteiger partial charge in [-0.25, -0.2) is 5.32 Å². The molecule has 7 nitrogen and oxygen atoms in total. The summed E-state index contributed by atoms with van der Waals surface area (Å²) in [6.45, 7) is 0. The van der Waals surface area contributed by atoms with Gasteiger partial charge in [0.2, 0.25) is 0 Å². The van der Waals surface area contributed by atoms with Gasteiger partial charge in [-0.1, -0.05) is 18.2 Å². The van der Waals surface area contributed by atoms with E-state index in [1.54, 1.807) is 18.2 Å². The Bertz CT molecular complexity index is 500. The van der Waals surface area contributed by atoms with Crippen LogP contribution in [0.3, 0.4) is 0 Å². The van der Waals surface area contributed by atoms with E-state index in [2.05, 4.69) is 10.6 Å². The van der Waals surface area contributed by atoms with Gasteiger partial charge >= 0.3 is 11.7 Å². The number of nitrogens with one attached hydrogen (secondary N) is 2. The Kier molecular flexibility index (Phi) is 2.52. The second-order valence-corrected chi connectivity index (χ2v) is 3.48. The van der Waals surface area contributed by atoms with E-state index in [9.17, 15) is 20.0 Å². The summed E-state index contributed by atoms with van der Waals surface area (Å²) in [4.78, 5) is 21.1. The first kappa shape index (κ1) is 11.1. The normalized spacial score (nSPS) is 23.4. The molecule has 17 heavy (non-hydrogen) atoms. The Morgan fingerprint density at radius 1 is 1.24 bits per heavy atom. The quantitative estimate of drug-likeness (QED) is 0.479. The van der Waals surface area contributed by atoms with E-state index in [4.69, 9.17) is 0 Å². The van der Waals surface area contributed by atoms with E-state index in [1.165, 1.54) is 12.1 Å². The summed E-state index contributed by atoms with van der Waals surface area (Å²) in [6.07, 6.45) is 0.775. The van der Waals surface area contributed by atoms with Crippen LogP contribution in [0.15, 0.2) is 42.2 Å². The van der Waals surface area contributed by atoms with Gasteiger partial charge in [0, 0.05) is 0 Å². The predicted molar refractivity (Wildman–Crippen MR) is 56.7 cm³/mol. The standard InChI is InChI=1S/C10H9N3O4/c14-9-6-8(13(16)17)11-10(15,12-9)7-4-2-1-3-5-7/h1-6,11,15H,(H,12,14). The first-order valence-corrected chi connectivity index (χ1v) is 4.75. The van der Waals surface area contributed by atoms with E-state index in [0.29, 0.717) is 5.56 Å². The van der Waals surface area contributed by atoms with Crippen molar-refractivity contribution in [3.63, 3.8) is 0 Å². The van der Waals surface area contributed by atoms with Gasteiger partial charge in [-0.05, 0) is 17.1 Å². The second kappa shape index (κ2) is 3.87. The molecule has 0 saturated carbocycles. The molecule has 1 atom stereocenters. The summed E-state index contributed by atoms with van der Waals surface area (Å²) >= 11 is 0. The van der Waals surface area contributed by atoms with Crippen LogP contribution in [0, 0.1) is 10.1 Å². The SMILES string of the molecule is O=C1C=C([N+](=O)[O-])NC(O)(c2ccccc2)N1. The summed E-state index contributed by atoms with van der Waals surface area (Å²) in [5.74, 6) is -3.25. The van der Waals surface area contributed by atoms with Gasteiger partial charge in [0.15, 0.2) is 0 Å². The minimum atomic E-state index is -1.96. The van der Waals surface area contributed by atoms with Crippen LogP contribution in [0.25, 0.3) is 0 Å². The smallest absolute Gasteiger partial charge is 0.325 e. The Labute approximate surface area is 95.9 Å². The van der Waals surface area contributed by atoms with Crippen LogP contribution in [0.2, 0.25) is 0 Å². The van der Waals surface area contributed by atoms with Crippen molar-refractivity contribution in [3.8, 4) is 0 Å². The molecule has 0 bridgehead atoms. The van der Waals surface area contributed by atoms with Crippen LogP contribution < -0.4 is 10.6 Å². The molecule has 1 unspecified atom stereocenters. The van der Waals surface area contributed by atoms with Crippen LogP contribution in [-0.2, 0) is 10.6 Å². The van der Waals surface area contributed by atoms with Crippen LogP contribution in [0.1, 0.15) is 5.56 Å². The number of amides is 1. The van der Waals surface area contributed by atoms with Crippen molar-refractivity contribution < 1.29 is 14.8 Å². The molecule has 88 valence electrons. The molecule has 1 aromatic rings. The lowest BCUT2D eigenvalue weighted by Gasteiger charge is -2.28. The molecule has 1 heterocycles. The average Bonchev–Trinajstić information content (AvgIpc) is 2.29. The van der Waals surface area contributed by atoms with Crippen LogP contribution in [0.4, 0.5) is 0 Å². The Balaban J connectivity index is 2.38. The Morgan fingerprint density at radius 3 is 2.47 bits per heavy atom. The number of carbonyl (C=O) groups is 1. The summed E-state index contributed by atoms with van der Waals surface area (Å²) in [6, 6.07) is 8.09. The zero-order chi connectivity index (χ0) is 12.5. The fourth-order valence-corrected chi connectivity index (χ4v) is 1.51. The number of aliphatic hydroxyl groups is 1. The van der Waals surface area contributed by atoms with Crippen LogP contribution in [0.5, 0.6) is 0 Å². The molecule has 7 heteroatoms. The minimum Gasteiger partial charge on any atom is -0.358 e. The first-order chi connectivity index (χ1) is 8.01. The molecule has 0 spiro atoms. The topological polar surface area (TPSA) is 104 Å². The molecular weight excluding hydrogens is 226 g/mol. The van der Waals surface area contributed by atoms with Crippen LogP contribution in [-0.4, -0.2) is 15.9 Å². The molecule has 1 amide bonds. The molecule has 1 aliphatic rings. The van der Waals surface area contributed by atoms with Gasteiger partial charge in [0.05, 0.1) is 11.6 Å². The lowest BCUT2D eigenvalue weighted by Crippen LogP contribution is -2.59. The Morgan fingerprint density at radius 2 is 1.88 bits per heavy atom. The average molecular weight is 235 g/mol. The third kappa shape index (κ3) is 2.08. The van der Waals surface area contributed by atoms with Gasteiger partial charge < -0.3 is 15.2 Å². The number of nitrogens with zero attached hydrogens (tertiary/aromatic N) is 1. The van der Waals surface area contributed by atoms with E-state index < -0.39 is 22.5 Å². The highest BCUT2D eigenvalue weighted by Crippen LogP contribution is 2.19. The van der Waals surface area contributed by atoms with E-state index in [-0.39, 0.29) is 0 Å². The largest absolute Gasteiger partial charge is 0.358 e. The van der Waals surface area contributed by atoms with Crippen molar-refractivity contribution in [3.05, 3.63) is 57.9 Å². The Hall–Kier alpha value is -2.41. The van der Waals surface area contributed by atoms with Gasteiger partial charge in [0.25, 0.3) is 5.91 Å². The van der Waals surface area contributed by atoms with Gasteiger partial charge in [-0.3, -0.25) is 10.1 Å². The maximum absolute atomic E-state index is 11.3. The number of hydrogen-bond acceptors (Lipinski definition) is 5. The molecule has 3 N–H and O–H groups in total. The van der Waals surface area contributed by atoms with Gasteiger partial charge in [-0.2, -0.15) is 0 Å². The second-order valence-electron chi connectivity index (χ2n) is 3.48. The summed E-state index contributed by atoms with van der Waals surface area (Å²) in [5.41, 5.74) is 0.306. The third-order valence-electron chi connectivity index (χ3n) is 2.27. The zero-order valence-corrected chi connectivity index (χ0v) is 8.58. The van der Waals surface area contributed by atoms with Gasteiger partial charge in [0.1, 0.15) is 0 Å². The van der Waals surface area contributed by atoms with Crippen molar-refractivity contribution in [1.29, 1.82) is 0 Å². The molecule has 0 radical (unpaired) electrons. The number of hydrogen-bond donors (Lipinski definition) is 3. The molecule has 1 aromatic carbocycles. The molecule has 0 aliphatic carbocycles. The highest BCUT2D eigenvalue weighted by molar-refractivity contribution is 5.89. The highest BCUT2D eigenvalue weighted by atomic mass is 16.6. The van der Waals surface area contributed by atoms with Crippen molar-refractivity contribution in [1.82, 2.24) is 10.6 Å². The molecular formula is C10H9N3O4. The highest BCUT2D eigenvalue weighted by Gasteiger charge is 2.41. The van der Waals surface area contributed by atoms with E-state index in [0.717, 1.165) is 6.08 Å². The van der Waals surface area contributed by atoms with Crippen molar-refractivity contribution in [2.24, 2.45) is 0 Å². The van der Waals surface area contributed by atoms with E-state index >= 15 is 0 Å². The minimum absolute atomic E-state index is 0.306. The first-order valence-electron chi connectivity index (χ1n) is 4.75. The zero-order valence-electron chi connectivity index (χ0n) is 8.58. The summed E-state index contributed by atoms with van der Waals surface area (Å²) in [7, 11) is 0. The predicted octanol–water partition coefficient (Wildman–Crippen LogP) is -0.373. The fraction of sp³-hybridized carbons (Fsp3) is 0.100. The molecule has 0 aromatic heterocycles. The molecule has 1 aliphatic heterocycles. The number of benzene rings is 1. The third-order valence-corrected chi connectivity index (χ3v) is 2.27. The molecule has 0 fully saturated rings. The maximum atomic E-state index is 11.3. The van der Waals surface area contributed by atoms with Crippen molar-refractivity contribution in [2.45, 2.75) is 5.85 Å².